The zero-order valence-electron chi connectivity index (χ0n) is 8.32. The molecule has 0 spiro atoms. The van der Waals surface area contributed by atoms with Crippen LogP contribution in [-0.2, 0) is 0 Å². The Bertz CT molecular complexity index is 305. The molecule has 1 aromatic rings. The molecule has 1 aliphatic rings. The standard InChI is InChI=1S/C9H9NS.C2H6/c1-10-6-8-4-2-3-5-9(8)11-7-10;1-2/h2-7H,1H3;1-2H3. The molecule has 1 aromatic carbocycles. The minimum absolute atomic E-state index is 1.31. The van der Waals surface area contributed by atoms with E-state index in [4.69, 9.17) is 0 Å². The minimum Gasteiger partial charge on any atom is -0.282 e. The Morgan fingerprint density at radius 3 is 2.69 bits per heavy atom. The lowest BCUT2D eigenvalue weighted by Crippen LogP contribution is -2.07. The van der Waals surface area contributed by atoms with E-state index in [-0.39, 0.29) is 0 Å². The lowest BCUT2D eigenvalue weighted by molar-refractivity contribution is -0.441. The van der Waals surface area contributed by atoms with Crippen LogP contribution < -0.4 is 0 Å². The van der Waals surface area contributed by atoms with Crippen LogP contribution in [0.2, 0.25) is 0 Å². The number of nitrogens with zero attached hydrogens (tertiary/aromatic N) is 1. The maximum atomic E-state index is 2.14. The van der Waals surface area contributed by atoms with E-state index in [1.54, 1.807) is 11.8 Å². The van der Waals surface area contributed by atoms with E-state index < -0.39 is 0 Å². The van der Waals surface area contributed by atoms with E-state index in [0.29, 0.717) is 0 Å². The third-order valence-corrected chi connectivity index (χ3v) is 2.67. The third-order valence-electron chi connectivity index (χ3n) is 1.61. The van der Waals surface area contributed by atoms with Crippen molar-refractivity contribution in [2.75, 3.05) is 7.05 Å². The summed E-state index contributed by atoms with van der Waals surface area (Å²) >= 11 is 1.77. The summed E-state index contributed by atoms with van der Waals surface area (Å²) in [6.07, 6.45) is 0. The summed E-state index contributed by atoms with van der Waals surface area (Å²) in [5.74, 6) is 0. The molecule has 0 aromatic heterocycles. The SMILES string of the molecule is CC.C[N+]1=CSc2ccccc2[CH-]1. The molecule has 70 valence electrons. The molecule has 13 heavy (non-hydrogen) atoms. The summed E-state index contributed by atoms with van der Waals surface area (Å²) in [5.41, 5.74) is 3.41. The Morgan fingerprint density at radius 2 is 1.92 bits per heavy atom. The zero-order chi connectivity index (χ0) is 9.68. The van der Waals surface area contributed by atoms with E-state index >= 15 is 0 Å². The summed E-state index contributed by atoms with van der Waals surface area (Å²) in [7, 11) is 2.04. The molecule has 0 saturated heterocycles. The average molecular weight is 193 g/mol. The highest BCUT2D eigenvalue weighted by Gasteiger charge is 2.03. The smallest absolute Gasteiger partial charge is 0.129 e. The Balaban J connectivity index is 0.000000396. The van der Waals surface area contributed by atoms with Crippen LogP contribution in [0.3, 0.4) is 0 Å². The Morgan fingerprint density at radius 1 is 1.23 bits per heavy atom. The van der Waals surface area contributed by atoms with Crippen LogP contribution >= 0.6 is 11.8 Å². The molecule has 1 nitrogen and oxygen atoms in total. The lowest BCUT2D eigenvalue weighted by atomic mass is 10.2. The fourth-order valence-electron chi connectivity index (χ4n) is 1.08. The topological polar surface area (TPSA) is 3.01 Å². The van der Waals surface area contributed by atoms with Gasteiger partial charge in [-0.15, -0.1) is 23.9 Å². The molecule has 0 bridgehead atoms. The molecule has 1 aliphatic heterocycles. The maximum Gasteiger partial charge on any atom is 0.129 e. The van der Waals surface area contributed by atoms with Gasteiger partial charge in [0.25, 0.3) is 0 Å². The molecule has 0 fully saturated rings. The van der Waals surface area contributed by atoms with Gasteiger partial charge in [-0.2, -0.15) is 0 Å². The van der Waals surface area contributed by atoms with Crippen molar-refractivity contribution in [3.05, 3.63) is 36.4 Å². The van der Waals surface area contributed by atoms with Gasteiger partial charge in [-0.25, -0.2) is 0 Å². The lowest BCUT2D eigenvalue weighted by Gasteiger charge is -2.15. The normalized spacial score (nSPS) is 13.0. The van der Waals surface area contributed by atoms with Crippen molar-refractivity contribution in [1.82, 2.24) is 0 Å². The van der Waals surface area contributed by atoms with Crippen molar-refractivity contribution >= 4 is 17.3 Å². The molecule has 0 unspecified atom stereocenters. The van der Waals surface area contributed by atoms with Crippen molar-refractivity contribution in [2.45, 2.75) is 18.7 Å². The molecule has 0 N–H and O–H groups in total. The van der Waals surface area contributed by atoms with Crippen LogP contribution in [0.25, 0.3) is 0 Å². The molecule has 2 rings (SSSR count). The van der Waals surface area contributed by atoms with Crippen LogP contribution in [0.4, 0.5) is 0 Å². The van der Waals surface area contributed by atoms with E-state index in [1.165, 1.54) is 10.5 Å². The molecule has 0 atom stereocenters. The Labute approximate surface area is 84.5 Å². The highest BCUT2D eigenvalue weighted by molar-refractivity contribution is 8.12. The van der Waals surface area contributed by atoms with Crippen LogP contribution in [-0.4, -0.2) is 17.2 Å². The fraction of sp³-hybridized carbons (Fsp3) is 0.273. The first-order valence-electron chi connectivity index (χ1n) is 4.52. The van der Waals surface area contributed by atoms with Gasteiger partial charge in [0.2, 0.25) is 0 Å². The molecule has 0 saturated carbocycles. The molecule has 0 amide bonds. The average Bonchev–Trinajstić information content (AvgIpc) is 2.21. The van der Waals surface area contributed by atoms with E-state index in [2.05, 4.69) is 40.9 Å². The fourth-order valence-corrected chi connectivity index (χ4v) is 1.84. The number of fused-ring (bicyclic) bond motifs is 1. The third kappa shape index (κ3) is 2.52. The number of hydrogen-bond acceptors (Lipinski definition) is 1. The van der Waals surface area contributed by atoms with Crippen molar-refractivity contribution < 1.29 is 4.58 Å². The van der Waals surface area contributed by atoms with Crippen molar-refractivity contribution in [3.63, 3.8) is 0 Å². The van der Waals surface area contributed by atoms with Crippen LogP contribution in [0.15, 0.2) is 29.2 Å². The second kappa shape index (κ2) is 4.97. The molecular weight excluding hydrogens is 178 g/mol. The quantitative estimate of drug-likeness (QED) is 0.452. The van der Waals surface area contributed by atoms with Crippen molar-refractivity contribution in [2.24, 2.45) is 0 Å². The Kier molecular flexibility index (Phi) is 3.90. The van der Waals surface area contributed by atoms with Gasteiger partial charge in [-0.05, 0) is 0 Å². The summed E-state index contributed by atoms with van der Waals surface area (Å²) in [6, 6.07) is 8.40. The van der Waals surface area contributed by atoms with Gasteiger partial charge in [0.05, 0.1) is 6.54 Å². The molecule has 0 aliphatic carbocycles. The summed E-state index contributed by atoms with van der Waals surface area (Å²) in [5, 5.41) is 0. The van der Waals surface area contributed by atoms with E-state index in [0.717, 1.165) is 0 Å². The first-order chi connectivity index (χ1) is 6.36. The van der Waals surface area contributed by atoms with Gasteiger partial charge in [0.1, 0.15) is 12.6 Å². The minimum atomic E-state index is 1.31. The first-order valence-corrected chi connectivity index (χ1v) is 5.40. The highest BCUT2D eigenvalue weighted by Crippen LogP contribution is 2.25. The van der Waals surface area contributed by atoms with Gasteiger partial charge in [0, 0.05) is 0 Å². The first kappa shape index (κ1) is 10.2. The second-order valence-corrected chi connectivity index (χ2v) is 3.44. The molecule has 2 heteroatoms. The second-order valence-electron chi connectivity index (χ2n) is 2.56. The van der Waals surface area contributed by atoms with Crippen LogP contribution in [0, 0.1) is 6.54 Å². The molecule has 1 heterocycles. The molecular formula is C11H15NS. The summed E-state index contributed by atoms with van der Waals surface area (Å²) in [4.78, 5) is 1.34. The predicted octanol–water partition coefficient (Wildman–Crippen LogP) is 3.00. The number of thioether (sulfide) groups is 1. The van der Waals surface area contributed by atoms with Gasteiger partial charge >= 0.3 is 0 Å². The number of benzene rings is 1. The van der Waals surface area contributed by atoms with Gasteiger partial charge in [-0.1, -0.05) is 36.4 Å². The summed E-state index contributed by atoms with van der Waals surface area (Å²) in [6.45, 7) is 6.13. The summed E-state index contributed by atoms with van der Waals surface area (Å²) < 4.78 is 2.08. The van der Waals surface area contributed by atoms with Gasteiger partial charge in [0.15, 0.2) is 0 Å². The number of hydrogen-bond donors (Lipinski definition) is 0. The maximum absolute atomic E-state index is 2.14. The van der Waals surface area contributed by atoms with Crippen molar-refractivity contribution in [1.29, 1.82) is 0 Å². The zero-order valence-corrected chi connectivity index (χ0v) is 9.14. The van der Waals surface area contributed by atoms with Gasteiger partial charge < -0.3 is 0 Å². The van der Waals surface area contributed by atoms with Crippen LogP contribution in [0.1, 0.15) is 19.4 Å². The number of rotatable bonds is 0. The molecule has 0 radical (unpaired) electrons. The predicted molar refractivity (Wildman–Crippen MR) is 59.3 cm³/mol. The largest absolute Gasteiger partial charge is 0.282 e. The highest BCUT2D eigenvalue weighted by atomic mass is 32.2. The van der Waals surface area contributed by atoms with E-state index in [9.17, 15) is 0 Å². The van der Waals surface area contributed by atoms with Gasteiger partial charge in [-0.3, -0.25) is 4.58 Å². The van der Waals surface area contributed by atoms with Crippen molar-refractivity contribution in [3.8, 4) is 0 Å². The monoisotopic (exact) mass is 193 g/mol. The van der Waals surface area contributed by atoms with E-state index in [1.807, 2.05) is 20.9 Å². The Hall–Kier alpha value is -0.890. The van der Waals surface area contributed by atoms with Crippen LogP contribution in [0.5, 0.6) is 0 Å².